The average molecular weight is 463 g/mol. The van der Waals surface area contributed by atoms with Gasteiger partial charge in [0.2, 0.25) is 0 Å². The molecule has 0 bridgehead atoms. The van der Waals surface area contributed by atoms with Gasteiger partial charge in [0.1, 0.15) is 16.3 Å². The van der Waals surface area contributed by atoms with Crippen molar-refractivity contribution in [3.63, 3.8) is 0 Å². The van der Waals surface area contributed by atoms with Crippen LogP contribution in [0.5, 0.6) is 0 Å². The number of carboxylic acids is 1. The Morgan fingerprint density at radius 2 is 1.78 bits per heavy atom. The molecule has 0 spiro atoms. The molecule has 4 saturated carbocycles. The Bertz CT molecular complexity index is 805. The van der Waals surface area contributed by atoms with Crippen molar-refractivity contribution in [1.82, 2.24) is 0 Å². The molecule has 0 radical (unpaired) electrons. The van der Waals surface area contributed by atoms with E-state index in [1.165, 1.54) is 0 Å². The summed E-state index contributed by atoms with van der Waals surface area (Å²) in [6.07, 6.45) is 7.96. The van der Waals surface area contributed by atoms with Crippen molar-refractivity contribution in [2.24, 2.45) is 52.3 Å². The number of fused-ring (bicyclic) bond motifs is 5. The smallest absolute Gasteiger partial charge is 0.319 e. The van der Waals surface area contributed by atoms with Crippen LogP contribution in [0.3, 0.4) is 0 Å². The van der Waals surface area contributed by atoms with Crippen LogP contribution in [-0.4, -0.2) is 27.4 Å². The van der Waals surface area contributed by atoms with Crippen molar-refractivity contribution >= 4 is 30.2 Å². The lowest BCUT2D eigenvalue weighted by atomic mass is 9.42. The first-order valence-corrected chi connectivity index (χ1v) is 13.3. The SMILES string of the molecule is CCC1C(=O)C2C3CCC(C(C)CC(C)(S)C(=O)O)C3(C)CCC2C2(C)CCC(=O)CC12. The summed E-state index contributed by atoms with van der Waals surface area (Å²) >= 11 is 4.46. The molecule has 1 N–H and O–H groups in total. The summed E-state index contributed by atoms with van der Waals surface area (Å²) in [5, 5.41) is 9.59. The third kappa shape index (κ3) is 3.51. The first kappa shape index (κ1) is 24.3. The highest BCUT2D eigenvalue weighted by molar-refractivity contribution is 7.82. The molecule has 4 aliphatic carbocycles. The van der Waals surface area contributed by atoms with Crippen LogP contribution in [0.1, 0.15) is 92.4 Å². The Balaban J connectivity index is 1.63. The van der Waals surface area contributed by atoms with E-state index in [0.717, 1.165) is 38.5 Å². The summed E-state index contributed by atoms with van der Waals surface area (Å²) < 4.78 is -1.02. The minimum atomic E-state index is -1.02. The van der Waals surface area contributed by atoms with E-state index in [2.05, 4.69) is 40.3 Å². The minimum absolute atomic E-state index is 0.0251. The molecule has 0 aliphatic heterocycles. The van der Waals surface area contributed by atoms with E-state index in [0.29, 0.717) is 48.6 Å². The number of thiol groups is 1. The van der Waals surface area contributed by atoms with Crippen molar-refractivity contribution in [2.75, 3.05) is 0 Å². The van der Waals surface area contributed by atoms with Gasteiger partial charge in [0.25, 0.3) is 0 Å². The third-order valence-electron chi connectivity index (χ3n) is 10.9. The molecule has 4 fully saturated rings. The van der Waals surface area contributed by atoms with Gasteiger partial charge in [0.05, 0.1) is 0 Å². The van der Waals surface area contributed by atoms with Gasteiger partial charge < -0.3 is 5.11 Å². The molecule has 0 aromatic rings. The van der Waals surface area contributed by atoms with Gasteiger partial charge in [-0.3, -0.25) is 14.4 Å². The molecule has 0 saturated heterocycles. The largest absolute Gasteiger partial charge is 0.480 e. The van der Waals surface area contributed by atoms with Gasteiger partial charge in [-0.05, 0) is 92.3 Å². The number of rotatable bonds is 5. The Morgan fingerprint density at radius 1 is 1.12 bits per heavy atom. The molecule has 4 nitrogen and oxygen atoms in total. The summed E-state index contributed by atoms with van der Waals surface area (Å²) in [6.45, 7) is 10.8. The fourth-order valence-corrected chi connectivity index (χ4v) is 9.56. The Morgan fingerprint density at radius 3 is 2.41 bits per heavy atom. The van der Waals surface area contributed by atoms with E-state index >= 15 is 0 Å². The Hall–Kier alpha value is -0.840. The van der Waals surface area contributed by atoms with Gasteiger partial charge in [-0.15, -0.1) is 0 Å². The lowest BCUT2D eigenvalue weighted by Crippen LogP contribution is -2.60. The van der Waals surface area contributed by atoms with Crippen LogP contribution in [0.4, 0.5) is 0 Å². The molecule has 0 aromatic carbocycles. The lowest BCUT2D eigenvalue weighted by molar-refractivity contribution is -0.169. The molecule has 32 heavy (non-hydrogen) atoms. The van der Waals surface area contributed by atoms with Gasteiger partial charge in [-0.1, -0.05) is 27.7 Å². The first-order valence-electron chi connectivity index (χ1n) is 12.9. The topological polar surface area (TPSA) is 71.4 Å². The van der Waals surface area contributed by atoms with Gasteiger partial charge in [-0.25, -0.2) is 0 Å². The molecule has 10 unspecified atom stereocenters. The van der Waals surface area contributed by atoms with Crippen LogP contribution >= 0.6 is 12.6 Å². The van der Waals surface area contributed by atoms with Crippen LogP contribution in [-0.2, 0) is 14.4 Å². The number of aliphatic carboxylic acids is 1. The second kappa shape index (κ2) is 8.13. The molecular weight excluding hydrogens is 420 g/mol. The van der Waals surface area contributed by atoms with E-state index in [9.17, 15) is 19.5 Å². The van der Waals surface area contributed by atoms with Gasteiger partial charge in [0.15, 0.2) is 0 Å². The predicted molar refractivity (Wildman–Crippen MR) is 129 cm³/mol. The maximum Gasteiger partial charge on any atom is 0.319 e. The molecule has 4 rings (SSSR count). The van der Waals surface area contributed by atoms with Gasteiger partial charge in [0, 0.05) is 24.7 Å². The van der Waals surface area contributed by atoms with Crippen molar-refractivity contribution in [3.05, 3.63) is 0 Å². The summed E-state index contributed by atoms with van der Waals surface area (Å²) in [7, 11) is 0. The summed E-state index contributed by atoms with van der Waals surface area (Å²) in [6, 6.07) is 0. The standard InChI is InChI=1S/C27H42O4S/c1-6-17-21-13-16(28)9-11-26(21,4)20-10-12-25(3)18(7-8-19(25)22(20)23(17)29)15(2)14-27(5,32)24(30)31/h15,17-22,32H,6-14H2,1-5H3,(H,30,31). The maximum absolute atomic E-state index is 14.0. The van der Waals surface area contributed by atoms with E-state index in [1.807, 2.05) is 0 Å². The zero-order valence-electron chi connectivity index (χ0n) is 20.5. The second-order valence-corrected chi connectivity index (χ2v) is 13.5. The van der Waals surface area contributed by atoms with Gasteiger partial charge >= 0.3 is 5.97 Å². The quantitative estimate of drug-likeness (QED) is 0.504. The van der Waals surface area contributed by atoms with E-state index < -0.39 is 10.7 Å². The molecule has 5 heteroatoms. The molecule has 0 amide bonds. The predicted octanol–water partition coefficient (Wildman–Crippen LogP) is 5.83. The van der Waals surface area contributed by atoms with Crippen LogP contribution < -0.4 is 0 Å². The molecular formula is C27H42O4S. The van der Waals surface area contributed by atoms with Crippen LogP contribution in [0.25, 0.3) is 0 Å². The highest BCUT2D eigenvalue weighted by atomic mass is 32.1. The van der Waals surface area contributed by atoms with Crippen LogP contribution in [0.2, 0.25) is 0 Å². The summed E-state index contributed by atoms with van der Waals surface area (Å²) in [5.41, 5.74) is 0.190. The van der Waals surface area contributed by atoms with Crippen molar-refractivity contribution in [1.29, 1.82) is 0 Å². The average Bonchev–Trinajstić information content (AvgIpc) is 3.06. The van der Waals surface area contributed by atoms with Crippen LogP contribution in [0.15, 0.2) is 0 Å². The molecule has 10 atom stereocenters. The fourth-order valence-electron chi connectivity index (χ4n) is 9.28. The number of hydrogen-bond acceptors (Lipinski definition) is 4. The first-order chi connectivity index (χ1) is 14.9. The van der Waals surface area contributed by atoms with E-state index in [4.69, 9.17) is 0 Å². The number of carboxylic acid groups (broad SMARTS) is 1. The number of carbonyl (C=O) groups excluding carboxylic acids is 2. The third-order valence-corrected chi connectivity index (χ3v) is 11.3. The highest BCUT2D eigenvalue weighted by Gasteiger charge is 2.65. The fraction of sp³-hybridized carbons (Fsp3) is 0.889. The van der Waals surface area contributed by atoms with Crippen molar-refractivity contribution in [2.45, 2.75) is 97.2 Å². The van der Waals surface area contributed by atoms with Crippen molar-refractivity contribution in [3.8, 4) is 0 Å². The molecule has 180 valence electrons. The summed E-state index contributed by atoms with van der Waals surface area (Å²) in [4.78, 5) is 38.0. The molecule has 0 aromatic heterocycles. The molecule has 4 aliphatic rings. The number of ketones is 2. The number of Topliss-reactive ketones (excluding diaryl/α,β-unsaturated/α-hetero) is 2. The Labute approximate surface area is 199 Å². The lowest BCUT2D eigenvalue weighted by Gasteiger charge is -2.61. The minimum Gasteiger partial charge on any atom is -0.480 e. The second-order valence-electron chi connectivity index (χ2n) is 12.5. The van der Waals surface area contributed by atoms with Gasteiger partial charge in [-0.2, -0.15) is 12.6 Å². The number of carbonyl (C=O) groups is 3. The maximum atomic E-state index is 14.0. The normalized spacial score (nSPS) is 46.6. The summed E-state index contributed by atoms with van der Waals surface area (Å²) in [5.74, 6) is 1.80. The highest BCUT2D eigenvalue weighted by Crippen LogP contribution is 2.68. The van der Waals surface area contributed by atoms with E-state index in [-0.39, 0.29) is 34.5 Å². The zero-order chi connectivity index (χ0) is 23.6. The van der Waals surface area contributed by atoms with E-state index in [1.54, 1.807) is 6.92 Å². The molecule has 0 heterocycles. The Kier molecular flexibility index (Phi) is 6.17. The van der Waals surface area contributed by atoms with Crippen molar-refractivity contribution < 1.29 is 19.5 Å². The monoisotopic (exact) mass is 462 g/mol. The number of hydrogen-bond donors (Lipinski definition) is 2. The van der Waals surface area contributed by atoms with Crippen LogP contribution in [0, 0.1) is 52.3 Å². The zero-order valence-corrected chi connectivity index (χ0v) is 21.4.